The van der Waals surface area contributed by atoms with Gasteiger partial charge in [0.2, 0.25) is 0 Å². The van der Waals surface area contributed by atoms with Crippen molar-refractivity contribution >= 4 is 35.0 Å². The molecular weight excluding hydrogens is 411 g/mol. The third-order valence-electron chi connectivity index (χ3n) is 5.70. The van der Waals surface area contributed by atoms with E-state index in [-0.39, 0.29) is 6.10 Å². The summed E-state index contributed by atoms with van der Waals surface area (Å²) in [7, 11) is 0. The lowest BCUT2D eigenvalue weighted by Crippen LogP contribution is -2.44. The summed E-state index contributed by atoms with van der Waals surface area (Å²) in [6.45, 7) is 4.51. The van der Waals surface area contributed by atoms with Crippen LogP contribution in [0, 0.1) is 5.92 Å². The van der Waals surface area contributed by atoms with Gasteiger partial charge in [-0.25, -0.2) is 0 Å². The van der Waals surface area contributed by atoms with Crippen LogP contribution in [-0.2, 0) is 20.9 Å². The number of halogens is 2. The van der Waals surface area contributed by atoms with Crippen LogP contribution in [0.1, 0.15) is 44.2 Å². The van der Waals surface area contributed by atoms with Crippen molar-refractivity contribution in [2.45, 2.75) is 50.6 Å². The Morgan fingerprint density at radius 1 is 0.964 bits per heavy atom. The summed E-state index contributed by atoms with van der Waals surface area (Å²) in [6.07, 6.45) is 2.94. The summed E-state index contributed by atoms with van der Waals surface area (Å²) in [4.78, 5) is 0. The Balaban J connectivity index is 1.76. The van der Waals surface area contributed by atoms with Gasteiger partial charge in [-0.05, 0) is 54.3 Å². The first-order chi connectivity index (χ1) is 13.5. The number of hydrogen-bond donors (Lipinski definition) is 0. The number of ether oxygens (including phenoxy) is 2. The van der Waals surface area contributed by atoms with E-state index in [1.165, 1.54) is 0 Å². The van der Waals surface area contributed by atoms with Crippen LogP contribution in [0.5, 0.6) is 0 Å². The minimum Gasteiger partial charge on any atom is -0.338 e. The predicted octanol–water partition coefficient (Wildman–Crippen LogP) is 7.03. The van der Waals surface area contributed by atoms with Gasteiger partial charge in [-0.15, -0.1) is 0 Å². The highest BCUT2D eigenvalue weighted by Crippen LogP contribution is 2.59. The summed E-state index contributed by atoms with van der Waals surface area (Å²) < 4.78 is 13.7. The lowest BCUT2D eigenvalue weighted by atomic mass is 9.77. The Morgan fingerprint density at radius 3 is 2.18 bits per heavy atom. The van der Waals surface area contributed by atoms with Gasteiger partial charge in [0.1, 0.15) is 11.7 Å². The minimum absolute atomic E-state index is 0.00847. The molecular formula is C23H26Cl2O2S. The van der Waals surface area contributed by atoms with Crippen LogP contribution < -0.4 is 0 Å². The standard InChI is InChI=1S/C23H26Cl2O2S/c1-3-12-28-15-21-22(17-4-8-19(24)9-5-17)13-16(2)14-23(26-21,27-22)18-6-10-20(25)11-7-18/h4-11,16,21H,3,12-15H2,1-2H3/t16-,21?,22?,23?/m1/s1. The van der Waals surface area contributed by atoms with E-state index >= 15 is 0 Å². The van der Waals surface area contributed by atoms with Crippen LogP contribution in [0.4, 0.5) is 0 Å². The van der Waals surface area contributed by atoms with E-state index in [1.807, 2.05) is 48.2 Å². The third kappa shape index (κ3) is 3.73. The van der Waals surface area contributed by atoms with Crippen LogP contribution in [0.25, 0.3) is 0 Å². The van der Waals surface area contributed by atoms with Crippen molar-refractivity contribution in [1.29, 1.82) is 0 Å². The van der Waals surface area contributed by atoms with Crippen LogP contribution in [0.15, 0.2) is 48.5 Å². The molecule has 2 aromatic rings. The Bertz CT molecular complexity index is 810. The Hall–Kier alpha value is -0.710. The molecule has 0 radical (unpaired) electrons. The van der Waals surface area contributed by atoms with E-state index in [1.54, 1.807) is 0 Å². The lowest BCUT2D eigenvalue weighted by molar-refractivity contribution is -0.236. The zero-order valence-corrected chi connectivity index (χ0v) is 18.6. The molecule has 3 unspecified atom stereocenters. The quantitative estimate of drug-likeness (QED) is 0.452. The summed E-state index contributed by atoms with van der Waals surface area (Å²) in [6, 6.07) is 16.0. The topological polar surface area (TPSA) is 18.5 Å². The molecule has 0 aliphatic carbocycles. The first-order valence-electron chi connectivity index (χ1n) is 9.95. The normalized spacial score (nSPS) is 31.9. The highest BCUT2D eigenvalue weighted by atomic mass is 35.5. The molecule has 150 valence electrons. The number of thioether (sulfide) groups is 1. The second-order valence-corrected chi connectivity index (χ2v) is 9.98. The van der Waals surface area contributed by atoms with Gasteiger partial charge in [-0.1, -0.05) is 61.3 Å². The van der Waals surface area contributed by atoms with Gasteiger partial charge < -0.3 is 9.47 Å². The molecule has 4 rings (SSSR count). The SMILES string of the molecule is CCCSCC1OC2(c3ccc(Cl)cc3)C[C@H](C)CC1(c1ccc(Cl)cc1)O2. The van der Waals surface area contributed by atoms with Gasteiger partial charge in [0.15, 0.2) is 5.79 Å². The largest absolute Gasteiger partial charge is 0.338 e. The van der Waals surface area contributed by atoms with Gasteiger partial charge in [0.25, 0.3) is 0 Å². The molecule has 0 saturated carbocycles. The van der Waals surface area contributed by atoms with Crippen molar-refractivity contribution in [1.82, 2.24) is 0 Å². The summed E-state index contributed by atoms with van der Waals surface area (Å²) >= 11 is 14.2. The van der Waals surface area contributed by atoms with E-state index in [4.69, 9.17) is 32.7 Å². The van der Waals surface area contributed by atoms with Crippen molar-refractivity contribution in [2.24, 2.45) is 5.92 Å². The number of hydrogen-bond acceptors (Lipinski definition) is 3. The molecule has 2 fully saturated rings. The average molecular weight is 437 g/mol. The monoisotopic (exact) mass is 436 g/mol. The van der Waals surface area contributed by atoms with E-state index in [0.717, 1.165) is 51.9 Å². The average Bonchev–Trinajstić information content (AvgIpc) is 2.91. The van der Waals surface area contributed by atoms with E-state index < -0.39 is 11.4 Å². The smallest absolute Gasteiger partial charge is 0.196 e. The maximum Gasteiger partial charge on any atom is 0.196 e. The van der Waals surface area contributed by atoms with Gasteiger partial charge in [0, 0.05) is 27.8 Å². The zero-order valence-electron chi connectivity index (χ0n) is 16.3. The highest BCUT2D eigenvalue weighted by Gasteiger charge is 2.62. The van der Waals surface area contributed by atoms with Crippen molar-refractivity contribution in [3.63, 3.8) is 0 Å². The Kier molecular flexibility index (Phi) is 6.02. The molecule has 0 amide bonds. The van der Waals surface area contributed by atoms with Crippen LogP contribution in [0.3, 0.4) is 0 Å². The first kappa shape index (κ1) is 20.6. The van der Waals surface area contributed by atoms with E-state index in [0.29, 0.717) is 5.92 Å². The molecule has 2 aliphatic rings. The maximum absolute atomic E-state index is 6.92. The van der Waals surface area contributed by atoms with E-state index in [2.05, 4.69) is 26.0 Å². The van der Waals surface area contributed by atoms with Crippen molar-refractivity contribution in [3.8, 4) is 0 Å². The third-order valence-corrected chi connectivity index (χ3v) is 7.44. The summed E-state index contributed by atoms with van der Waals surface area (Å²) in [5, 5.41) is 1.46. The van der Waals surface area contributed by atoms with Gasteiger partial charge in [-0.2, -0.15) is 11.8 Å². The van der Waals surface area contributed by atoms with Crippen molar-refractivity contribution in [3.05, 3.63) is 69.7 Å². The molecule has 28 heavy (non-hydrogen) atoms. The highest BCUT2D eigenvalue weighted by molar-refractivity contribution is 7.99. The second-order valence-electron chi connectivity index (χ2n) is 7.95. The molecule has 4 atom stereocenters. The fourth-order valence-electron chi connectivity index (χ4n) is 4.57. The molecule has 0 aromatic heterocycles. The predicted molar refractivity (Wildman–Crippen MR) is 118 cm³/mol. The summed E-state index contributed by atoms with van der Waals surface area (Å²) in [5.41, 5.74) is 1.74. The molecule has 0 N–H and O–H groups in total. The molecule has 2 saturated heterocycles. The fraction of sp³-hybridized carbons (Fsp3) is 0.478. The number of benzene rings is 2. The molecule has 2 aliphatic heterocycles. The molecule has 2 heterocycles. The van der Waals surface area contributed by atoms with Gasteiger partial charge in [0.05, 0.1) is 0 Å². The van der Waals surface area contributed by atoms with Crippen LogP contribution in [0.2, 0.25) is 10.0 Å². The Labute approximate surface area is 181 Å². The first-order valence-corrected chi connectivity index (χ1v) is 11.9. The molecule has 2 aromatic carbocycles. The molecule has 2 bridgehead atoms. The van der Waals surface area contributed by atoms with Crippen molar-refractivity contribution < 1.29 is 9.47 Å². The van der Waals surface area contributed by atoms with E-state index in [9.17, 15) is 0 Å². The fourth-order valence-corrected chi connectivity index (χ4v) is 5.83. The van der Waals surface area contributed by atoms with Gasteiger partial charge >= 0.3 is 0 Å². The summed E-state index contributed by atoms with van der Waals surface area (Å²) in [5.74, 6) is 1.79. The van der Waals surface area contributed by atoms with Gasteiger partial charge in [-0.3, -0.25) is 0 Å². The van der Waals surface area contributed by atoms with Crippen LogP contribution in [-0.4, -0.2) is 17.6 Å². The Morgan fingerprint density at radius 2 is 1.57 bits per heavy atom. The molecule has 0 spiro atoms. The molecule has 2 nitrogen and oxygen atoms in total. The molecule has 5 heteroatoms. The minimum atomic E-state index is -0.723. The number of fused-ring (bicyclic) bond motifs is 2. The van der Waals surface area contributed by atoms with Crippen LogP contribution >= 0.6 is 35.0 Å². The van der Waals surface area contributed by atoms with Crippen molar-refractivity contribution in [2.75, 3.05) is 11.5 Å². The second kappa shape index (κ2) is 8.20. The lowest BCUT2D eigenvalue weighted by Gasteiger charge is -2.42. The maximum atomic E-state index is 6.92. The number of rotatable bonds is 6. The zero-order chi connectivity index (χ0) is 19.8.